The molecule has 0 spiro atoms. The number of aryl methyl sites for hydroxylation is 2. The Kier molecular flexibility index (Phi) is 6.31. The lowest BCUT2D eigenvalue weighted by Gasteiger charge is -2.28. The Hall–Kier alpha value is -2.48. The molecular formula is C18H24N4O3S. The van der Waals surface area contributed by atoms with Crippen LogP contribution in [0.25, 0.3) is 0 Å². The Morgan fingerprint density at radius 1 is 1.15 bits per heavy atom. The molecule has 0 aliphatic rings. The van der Waals surface area contributed by atoms with Crippen LogP contribution < -0.4 is 9.62 Å². The van der Waals surface area contributed by atoms with Gasteiger partial charge in [-0.2, -0.15) is 0 Å². The molecule has 1 heterocycles. The summed E-state index contributed by atoms with van der Waals surface area (Å²) < 4.78 is 25.5. The summed E-state index contributed by atoms with van der Waals surface area (Å²) in [6.45, 7) is 5.68. The quantitative estimate of drug-likeness (QED) is 0.792. The van der Waals surface area contributed by atoms with Gasteiger partial charge in [-0.25, -0.2) is 18.4 Å². The molecule has 140 valence electrons. The molecule has 2 aromatic rings. The van der Waals surface area contributed by atoms with E-state index in [9.17, 15) is 13.2 Å². The Morgan fingerprint density at radius 2 is 1.73 bits per heavy atom. The molecule has 1 N–H and O–H groups in total. The van der Waals surface area contributed by atoms with E-state index in [2.05, 4.69) is 15.3 Å². The van der Waals surface area contributed by atoms with Gasteiger partial charge in [0.1, 0.15) is 11.9 Å². The zero-order valence-electron chi connectivity index (χ0n) is 15.4. The number of benzene rings is 1. The second-order valence-corrected chi connectivity index (χ2v) is 8.04. The molecule has 7 nitrogen and oxygen atoms in total. The van der Waals surface area contributed by atoms with Crippen LogP contribution in [0.5, 0.6) is 0 Å². The van der Waals surface area contributed by atoms with Crippen LogP contribution in [0.15, 0.2) is 36.4 Å². The fourth-order valence-electron chi connectivity index (χ4n) is 2.74. The minimum absolute atomic E-state index is 0.332. The van der Waals surface area contributed by atoms with E-state index in [1.54, 1.807) is 37.3 Å². The van der Waals surface area contributed by atoms with Crippen LogP contribution in [-0.4, -0.2) is 43.1 Å². The van der Waals surface area contributed by atoms with Crippen LogP contribution in [0.3, 0.4) is 0 Å². The highest BCUT2D eigenvalue weighted by molar-refractivity contribution is 7.92. The molecule has 1 atom stereocenters. The Balaban J connectivity index is 2.05. The maximum atomic E-state index is 12.5. The van der Waals surface area contributed by atoms with E-state index in [1.165, 1.54) is 0 Å². The number of hydrogen-bond acceptors (Lipinski definition) is 5. The van der Waals surface area contributed by atoms with Crippen molar-refractivity contribution >= 4 is 21.6 Å². The topological polar surface area (TPSA) is 92.3 Å². The van der Waals surface area contributed by atoms with Crippen molar-refractivity contribution in [3.05, 3.63) is 53.6 Å². The molecule has 8 heteroatoms. The average molecular weight is 376 g/mol. The lowest BCUT2D eigenvalue weighted by Crippen LogP contribution is -2.48. The van der Waals surface area contributed by atoms with Gasteiger partial charge in [0, 0.05) is 24.4 Å². The molecule has 1 unspecified atom stereocenters. The first kappa shape index (κ1) is 19.8. The van der Waals surface area contributed by atoms with Crippen molar-refractivity contribution < 1.29 is 13.2 Å². The van der Waals surface area contributed by atoms with Gasteiger partial charge in [-0.05, 0) is 39.0 Å². The zero-order valence-corrected chi connectivity index (χ0v) is 16.2. The van der Waals surface area contributed by atoms with E-state index >= 15 is 0 Å². The summed E-state index contributed by atoms with van der Waals surface area (Å²) in [6, 6.07) is 9.59. The molecule has 1 aromatic heterocycles. The number of hydrogen-bond donors (Lipinski definition) is 1. The summed E-state index contributed by atoms with van der Waals surface area (Å²) in [5.74, 6) is 0.280. The van der Waals surface area contributed by atoms with E-state index in [-0.39, 0.29) is 5.91 Å². The van der Waals surface area contributed by atoms with E-state index in [0.29, 0.717) is 24.5 Å². The third-order valence-electron chi connectivity index (χ3n) is 3.78. The molecule has 0 saturated heterocycles. The minimum Gasteiger partial charge on any atom is -0.354 e. The van der Waals surface area contributed by atoms with Crippen molar-refractivity contribution in [2.24, 2.45) is 0 Å². The van der Waals surface area contributed by atoms with Crippen molar-refractivity contribution in [3.8, 4) is 0 Å². The van der Waals surface area contributed by atoms with Crippen molar-refractivity contribution in [2.45, 2.75) is 33.2 Å². The molecule has 0 saturated carbocycles. The zero-order chi connectivity index (χ0) is 19.3. The Labute approximate surface area is 154 Å². The van der Waals surface area contributed by atoms with Crippen LogP contribution in [0.2, 0.25) is 0 Å². The summed E-state index contributed by atoms with van der Waals surface area (Å²) in [5, 5.41) is 2.77. The lowest BCUT2D eigenvalue weighted by molar-refractivity contribution is -0.121. The number of anilines is 1. The number of amides is 1. The number of para-hydroxylation sites is 1. The summed E-state index contributed by atoms with van der Waals surface area (Å²) in [5.41, 5.74) is 2.20. The van der Waals surface area contributed by atoms with Gasteiger partial charge >= 0.3 is 0 Å². The lowest BCUT2D eigenvalue weighted by atomic mass is 10.2. The molecule has 0 aliphatic heterocycles. The van der Waals surface area contributed by atoms with E-state index < -0.39 is 16.1 Å². The first-order valence-electron chi connectivity index (χ1n) is 8.32. The molecule has 0 radical (unpaired) electrons. The molecule has 0 fully saturated rings. The highest BCUT2D eigenvalue weighted by Gasteiger charge is 2.28. The van der Waals surface area contributed by atoms with Crippen molar-refractivity contribution in [1.29, 1.82) is 0 Å². The molecule has 1 aromatic carbocycles. The monoisotopic (exact) mass is 376 g/mol. The van der Waals surface area contributed by atoms with Crippen LogP contribution in [-0.2, 0) is 21.2 Å². The van der Waals surface area contributed by atoms with Gasteiger partial charge in [0.05, 0.1) is 11.9 Å². The van der Waals surface area contributed by atoms with Gasteiger partial charge in [-0.3, -0.25) is 9.10 Å². The number of nitrogens with zero attached hydrogens (tertiary/aromatic N) is 3. The van der Waals surface area contributed by atoms with Gasteiger partial charge in [-0.1, -0.05) is 18.2 Å². The molecule has 0 aliphatic carbocycles. The fraction of sp³-hybridized carbons (Fsp3) is 0.389. The molecule has 26 heavy (non-hydrogen) atoms. The molecule has 1 amide bonds. The average Bonchev–Trinajstić information content (AvgIpc) is 2.53. The van der Waals surface area contributed by atoms with Crippen molar-refractivity contribution in [3.63, 3.8) is 0 Å². The first-order chi connectivity index (χ1) is 12.2. The second kappa shape index (κ2) is 8.27. The summed E-state index contributed by atoms with van der Waals surface area (Å²) in [7, 11) is -3.60. The Morgan fingerprint density at radius 3 is 2.27 bits per heavy atom. The van der Waals surface area contributed by atoms with Crippen LogP contribution in [0.1, 0.15) is 24.1 Å². The second-order valence-electron chi connectivity index (χ2n) is 6.18. The summed E-state index contributed by atoms with van der Waals surface area (Å²) in [4.78, 5) is 21.1. The predicted molar refractivity (Wildman–Crippen MR) is 101 cm³/mol. The highest BCUT2D eigenvalue weighted by atomic mass is 32.2. The third-order valence-corrected chi connectivity index (χ3v) is 5.02. The van der Waals surface area contributed by atoms with Gasteiger partial charge in [-0.15, -0.1) is 0 Å². The first-order valence-corrected chi connectivity index (χ1v) is 10.2. The number of nitrogens with one attached hydrogen (secondary N) is 1. The van der Waals surface area contributed by atoms with Gasteiger partial charge < -0.3 is 5.32 Å². The number of sulfonamides is 1. The van der Waals surface area contributed by atoms with E-state index in [1.807, 2.05) is 19.9 Å². The SMILES string of the molecule is Cc1cc(C)nc(CCNC(=O)C(C)N(c2ccccc2)S(C)(=O)=O)n1. The van der Waals surface area contributed by atoms with E-state index in [0.717, 1.165) is 21.9 Å². The maximum absolute atomic E-state index is 12.5. The number of aromatic nitrogens is 2. The maximum Gasteiger partial charge on any atom is 0.243 e. The van der Waals surface area contributed by atoms with E-state index in [4.69, 9.17) is 0 Å². The fourth-order valence-corrected chi connectivity index (χ4v) is 3.91. The number of carbonyl (C=O) groups is 1. The summed E-state index contributed by atoms with van der Waals surface area (Å²) in [6.07, 6.45) is 1.57. The highest BCUT2D eigenvalue weighted by Crippen LogP contribution is 2.20. The largest absolute Gasteiger partial charge is 0.354 e. The van der Waals surface area contributed by atoms with Crippen LogP contribution >= 0.6 is 0 Å². The normalized spacial score (nSPS) is 12.5. The van der Waals surface area contributed by atoms with Crippen molar-refractivity contribution in [2.75, 3.05) is 17.1 Å². The standard InChI is InChI=1S/C18H24N4O3S/c1-13-12-14(2)21-17(20-13)10-11-19-18(23)15(3)22(26(4,24)25)16-8-6-5-7-9-16/h5-9,12,15H,10-11H2,1-4H3,(H,19,23). The van der Waals surface area contributed by atoms with Crippen LogP contribution in [0.4, 0.5) is 5.69 Å². The number of rotatable bonds is 7. The minimum atomic E-state index is -3.60. The summed E-state index contributed by atoms with van der Waals surface area (Å²) >= 11 is 0. The number of carbonyl (C=O) groups excluding carboxylic acids is 1. The van der Waals surface area contributed by atoms with Gasteiger partial charge in [0.15, 0.2) is 0 Å². The molecule has 2 rings (SSSR count). The predicted octanol–water partition coefficient (Wildman–Crippen LogP) is 1.61. The Bertz CT molecular complexity index is 849. The van der Waals surface area contributed by atoms with Gasteiger partial charge in [0.2, 0.25) is 15.9 Å². The third kappa shape index (κ3) is 5.26. The van der Waals surface area contributed by atoms with Crippen molar-refractivity contribution in [1.82, 2.24) is 15.3 Å². The van der Waals surface area contributed by atoms with Crippen LogP contribution in [0, 0.1) is 13.8 Å². The van der Waals surface area contributed by atoms with Gasteiger partial charge in [0.25, 0.3) is 0 Å². The smallest absolute Gasteiger partial charge is 0.243 e. The molecular weight excluding hydrogens is 352 g/mol. The molecule has 0 bridgehead atoms.